The second kappa shape index (κ2) is 8.86. The molecule has 3 saturated carbocycles. The van der Waals surface area contributed by atoms with E-state index in [2.05, 4.69) is 46.8 Å². The summed E-state index contributed by atoms with van der Waals surface area (Å²) in [4.78, 5) is 0. The molecule has 3 N–H and O–H groups in total. The van der Waals surface area contributed by atoms with E-state index in [9.17, 15) is 15.3 Å². The predicted molar refractivity (Wildman–Crippen MR) is 131 cm³/mol. The van der Waals surface area contributed by atoms with Crippen LogP contribution >= 0.6 is 0 Å². The van der Waals surface area contributed by atoms with E-state index in [-0.39, 0.29) is 5.41 Å². The van der Waals surface area contributed by atoms with Gasteiger partial charge < -0.3 is 15.3 Å². The van der Waals surface area contributed by atoms with Crippen LogP contribution in [-0.2, 0) is 0 Å². The summed E-state index contributed by atoms with van der Waals surface area (Å²) in [7, 11) is 0. The molecule has 3 heteroatoms. The first-order valence-corrected chi connectivity index (χ1v) is 13.6. The van der Waals surface area contributed by atoms with Crippen molar-refractivity contribution in [2.24, 2.45) is 34.5 Å². The van der Waals surface area contributed by atoms with E-state index < -0.39 is 17.8 Å². The summed E-state index contributed by atoms with van der Waals surface area (Å²) in [5.41, 5.74) is 2.55. The van der Waals surface area contributed by atoms with E-state index in [1.807, 2.05) is 0 Å². The molecule has 0 heterocycles. The Morgan fingerprint density at radius 1 is 1.06 bits per heavy atom. The van der Waals surface area contributed by atoms with Crippen molar-refractivity contribution in [3.63, 3.8) is 0 Å². The van der Waals surface area contributed by atoms with Gasteiger partial charge >= 0.3 is 0 Å². The fourth-order valence-corrected chi connectivity index (χ4v) is 8.58. The number of rotatable bonds is 7. The van der Waals surface area contributed by atoms with Gasteiger partial charge in [0.1, 0.15) is 0 Å². The number of allylic oxidation sites excluding steroid dienone is 3. The molecule has 2 unspecified atom stereocenters. The fourth-order valence-electron chi connectivity index (χ4n) is 8.58. The van der Waals surface area contributed by atoms with Gasteiger partial charge in [-0.1, -0.05) is 70.8 Å². The molecule has 0 amide bonds. The van der Waals surface area contributed by atoms with Crippen LogP contribution in [0.25, 0.3) is 0 Å². The Labute approximate surface area is 196 Å². The van der Waals surface area contributed by atoms with Gasteiger partial charge in [0.05, 0.1) is 17.8 Å². The average Bonchev–Trinajstić information content (AvgIpc) is 3.12. The third kappa shape index (κ3) is 3.85. The molecule has 0 aromatic heterocycles. The first-order valence-electron chi connectivity index (χ1n) is 13.6. The predicted octanol–water partition coefficient (Wildman–Crippen LogP) is 6.17. The number of fused-ring (bicyclic) bond motifs is 5. The van der Waals surface area contributed by atoms with Crippen molar-refractivity contribution in [2.45, 2.75) is 123 Å². The molecular weight excluding hydrogens is 396 g/mol. The van der Waals surface area contributed by atoms with E-state index in [1.165, 1.54) is 31.3 Å². The SMILES string of the molecule is CCC(O)(CC)CCC[C@@H](C)[C@H]1CC[C@H]2C3=CC=C4CC(O)CC(O)[C@]4(C)[C@H]3CC[C@]12C. The Hall–Kier alpha value is -0.640. The smallest absolute Gasteiger partial charge is 0.0661 e. The first kappa shape index (κ1) is 24.5. The molecule has 182 valence electrons. The van der Waals surface area contributed by atoms with Crippen LogP contribution in [0, 0.1) is 34.5 Å². The molecule has 0 aliphatic heterocycles. The lowest BCUT2D eigenvalue weighted by atomic mass is 9.49. The summed E-state index contributed by atoms with van der Waals surface area (Å²) in [6.07, 6.45) is 15.0. The molecule has 4 aliphatic carbocycles. The second-order valence-electron chi connectivity index (χ2n) is 12.4. The largest absolute Gasteiger partial charge is 0.393 e. The molecule has 4 aliphatic rings. The number of aliphatic hydroxyl groups is 3. The summed E-state index contributed by atoms with van der Waals surface area (Å²) in [5, 5.41) is 32.0. The molecule has 0 radical (unpaired) electrons. The highest BCUT2D eigenvalue weighted by molar-refractivity contribution is 5.40. The summed E-state index contributed by atoms with van der Waals surface area (Å²) >= 11 is 0. The molecule has 0 aromatic carbocycles. The summed E-state index contributed by atoms with van der Waals surface area (Å²) in [6, 6.07) is 0. The van der Waals surface area contributed by atoms with Crippen molar-refractivity contribution < 1.29 is 15.3 Å². The van der Waals surface area contributed by atoms with Crippen LogP contribution in [-0.4, -0.2) is 33.1 Å². The highest BCUT2D eigenvalue weighted by Gasteiger charge is 2.58. The van der Waals surface area contributed by atoms with Crippen LogP contribution in [0.2, 0.25) is 0 Å². The molecule has 0 spiro atoms. The van der Waals surface area contributed by atoms with E-state index in [0.29, 0.717) is 29.6 Å². The van der Waals surface area contributed by atoms with Gasteiger partial charge in [0, 0.05) is 11.8 Å². The van der Waals surface area contributed by atoms with Gasteiger partial charge in [-0.3, -0.25) is 0 Å². The lowest BCUT2D eigenvalue weighted by Gasteiger charge is -2.56. The maximum Gasteiger partial charge on any atom is 0.0661 e. The molecule has 0 aromatic rings. The quantitative estimate of drug-likeness (QED) is 0.440. The van der Waals surface area contributed by atoms with Crippen molar-refractivity contribution in [2.75, 3.05) is 0 Å². The topological polar surface area (TPSA) is 60.7 Å². The standard InChI is InChI=1S/C29H48O3/c1-6-29(32,7-2)15-8-9-19(3)23-12-13-24-22-11-10-20-17-21(30)18-26(31)28(20,5)25(22)14-16-27(23,24)4/h10-11,19,21,23-26,30-32H,6-9,12-18H2,1-5H3/t19-,21?,23-,24+,25+,26?,27-,28+/m1/s1. The Morgan fingerprint density at radius 2 is 1.78 bits per heavy atom. The van der Waals surface area contributed by atoms with Crippen LogP contribution in [0.3, 0.4) is 0 Å². The minimum atomic E-state index is -0.472. The van der Waals surface area contributed by atoms with E-state index >= 15 is 0 Å². The maximum atomic E-state index is 11.1. The van der Waals surface area contributed by atoms with Crippen LogP contribution in [0.5, 0.6) is 0 Å². The number of hydrogen-bond donors (Lipinski definition) is 3. The monoisotopic (exact) mass is 444 g/mol. The van der Waals surface area contributed by atoms with E-state index in [4.69, 9.17) is 0 Å². The van der Waals surface area contributed by atoms with Crippen molar-refractivity contribution in [1.29, 1.82) is 0 Å². The van der Waals surface area contributed by atoms with Crippen LogP contribution in [0.15, 0.2) is 23.3 Å². The molecule has 3 fully saturated rings. The normalized spacial score (nSPS) is 42.4. The van der Waals surface area contributed by atoms with E-state index in [1.54, 1.807) is 5.57 Å². The summed E-state index contributed by atoms with van der Waals surface area (Å²) in [6.45, 7) is 11.5. The Kier molecular flexibility index (Phi) is 6.78. The van der Waals surface area contributed by atoms with Gasteiger partial charge in [0.25, 0.3) is 0 Å². The number of hydrogen-bond acceptors (Lipinski definition) is 3. The zero-order valence-corrected chi connectivity index (χ0v) is 21.2. The molecule has 4 rings (SSSR count). The summed E-state index contributed by atoms with van der Waals surface area (Å²) < 4.78 is 0. The lowest BCUT2D eigenvalue weighted by Crippen LogP contribution is -2.52. The highest BCUT2D eigenvalue weighted by Crippen LogP contribution is 2.66. The lowest BCUT2D eigenvalue weighted by molar-refractivity contribution is -0.0546. The van der Waals surface area contributed by atoms with Crippen molar-refractivity contribution >= 4 is 0 Å². The molecule has 32 heavy (non-hydrogen) atoms. The minimum absolute atomic E-state index is 0.195. The first-order chi connectivity index (χ1) is 15.1. The third-order valence-corrected chi connectivity index (χ3v) is 11.0. The van der Waals surface area contributed by atoms with Crippen molar-refractivity contribution in [3.05, 3.63) is 23.3 Å². The third-order valence-electron chi connectivity index (χ3n) is 11.0. The summed E-state index contributed by atoms with van der Waals surface area (Å²) in [5.74, 6) is 2.51. The molecular formula is C29H48O3. The van der Waals surface area contributed by atoms with Crippen molar-refractivity contribution in [1.82, 2.24) is 0 Å². The minimum Gasteiger partial charge on any atom is -0.393 e. The van der Waals surface area contributed by atoms with Gasteiger partial charge in [-0.15, -0.1) is 0 Å². The Morgan fingerprint density at radius 3 is 2.47 bits per heavy atom. The van der Waals surface area contributed by atoms with Gasteiger partial charge in [0.15, 0.2) is 0 Å². The Bertz CT molecular complexity index is 750. The molecule has 8 atom stereocenters. The Balaban J connectivity index is 1.49. The fraction of sp³-hybridized carbons (Fsp3) is 0.862. The molecule has 3 nitrogen and oxygen atoms in total. The van der Waals surface area contributed by atoms with Crippen LogP contribution < -0.4 is 0 Å². The second-order valence-corrected chi connectivity index (χ2v) is 12.4. The van der Waals surface area contributed by atoms with Gasteiger partial charge in [-0.2, -0.15) is 0 Å². The molecule has 0 bridgehead atoms. The van der Waals surface area contributed by atoms with Crippen molar-refractivity contribution in [3.8, 4) is 0 Å². The zero-order chi connectivity index (χ0) is 23.3. The average molecular weight is 445 g/mol. The van der Waals surface area contributed by atoms with Crippen LogP contribution in [0.1, 0.15) is 105 Å². The maximum absolute atomic E-state index is 11.1. The highest BCUT2D eigenvalue weighted by atomic mass is 16.3. The number of aliphatic hydroxyl groups excluding tert-OH is 2. The van der Waals surface area contributed by atoms with E-state index in [0.717, 1.165) is 44.4 Å². The van der Waals surface area contributed by atoms with Gasteiger partial charge in [-0.05, 0) is 80.5 Å². The zero-order valence-electron chi connectivity index (χ0n) is 21.2. The molecule has 0 saturated heterocycles. The van der Waals surface area contributed by atoms with Gasteiger partial charge in [0.2, 0.25) is 0 Å². The van der Waals surface area contributed by atoms with Crippen LogP contribution in [0.4, 0.5) is 0 Å². The van der Waals surface area contributed by atoms with Gasteiger partial charge in [-0.25, -0.2) is 0 Å².